The molecule has 156 valence electrons. The van der Waals surface area contributed by atoms with E-state index in [4.69, 9.17) is 4.42 Å². The lowest BCUT2D eigenvalue weighted by Crippen LogP contribution is -2.33. The van der Waals surface area contributed by atoms with E-state index >= 15 is 0 Å². The first-order chi connectivity index (χ1) is 14.4. The summed E-state index contributed by atoms with van der Waals surface area (Å²) in [7, 11) is -3.87. The molecule has 1 amide bonds. The van der Waals surface area contributed by atoms with Crippen LogP contribution in [0.1, 0.15) is 30.7 Å². The van der Waals surface area contributed by atoms with Crippen LogP contribution in [0.3, 0.4) is 0 Å². The number of anilines is 1. The highest BCUT2D eigenvalue weighted by Crippen LogP contribution is 2.35. The Morgan fingerprint density at radius 1 is 1.13 bits per heavy atom. The second kappa shape index (κ2) is 8.67. The normalized spacial score (nSPS) is 15.3. The molecule has 0 saturated carbocycles. The number of rotatable bonds is 6. The van der Waals surface area contributed by atoms with E-state index in [1.54, 1.807) is 42.1 Å². The maximum atomic E-state index is 13.7. The number of nitrogens with zero attached hydrogens (tertiary/aromatic N) is 1. The molecule has 0 bridgehead atoms. The Labute approximate surface area is 180 Å². The third-order valence-electron chi connectivity index (χ3n) is 5.02. The molecule has 0 radical (unpaired) electrons. The monoisotopic (exact) mass is 442 g/mol. The molecule has 2 heterocycles. The standard InChI is InChI=1S/C22H22N2O4S2/c1-16(17-6-3-2-4-7-17)24(15-18-8-5-12-28-18)30(26,27)19-9-10-21-20(14-19)23-22(25)11-13-29-21/h2-10,12,14,16H,11,13,15H2,1H3,(H,23,25)/t16-/m1/s1. The van der Waals surface area contributed by atoms with E-state index in [0.29, 0.717) is 23.6 Å². The van der Waals surface area contributed by atoms with Crippen molar-refractivity contribution in [3.8, 4) is 0 Å². The highest BCUT2D eigenvalue weighted by molar-refractivity contribution is 7.99. The maximum absolute atomic E-state index is 13.7. The minimum Gasteiger partial charge on any atom is -0.468 e. The van der Waals surface area contributed by atoms with Crippen molar-refractivity contribution >= 4 is 33.4 Å². The molecule has 1 aliphatic rings. The van der Waals surface area contributed by atoms with Gasteiger partial charge in [-0.15, -0.1) is 11.8 Å². The Morgan fingerprint density at radius 3 is 2.67 bits per heavy atom. The fraction of sp³-hybridized carbons (Fsp3) is 0.227. The molecule has 1 N–H and O–H groups in total. The summed E-state index contributed by atoms with van der Waals surface area (Å²) >= 11 is 1.54. The lowest BCUT2D eigenvalue weighted by Gasteiger charge is -2.28. The summed E-state index contributed by atoms with van der Waals surface area (Å²) in [6.45, 7) is 1.96. The number of amides is 1. The number of hydrogen-bond acceptors (Lipinski definition) is 5. The molecule has 1 aliphatic heterocycles. The molecule has 6 nitrogen and oxygen atoms in total. The van der Waals surface area contributed by atoms with E-state index in [-0.39, 0.29) is 17.3 Å². The van der Waals surface area contributed by atoms with Crippen LogP contribution in [0.15, 0.2) is 81.1 Å². The number of benzene rings is 2. The number of nitrogens with one attached hydrogen (secondary N) is 1. The number of carbonyl (C=O) groups is 1. The van der Waals surface area contributed by atoms with E-state index < -0.39 is 16.1 Å². The first-order valence-electron chi connectivity index (χ1n) is 9.61. The van der Waals surface area contributed by atoms with Gasteiger partial charge in [0.05, 0.1) is 23.4 Å². The first-order valence-corrected chi connectivity index (χ1v) is 12.0. The predicted octanol–water partition coefficient (Wildman–Crippen LogP) is 4.67. The molecule has 0 saturated heterocycles. The summed E-state index contributed by atoms with van der Waals surface area (Å²) < 4.78 is 34.2. The van der Waals surface area contributed by atoms with Crippen LogP contribution in [0.4, 0.5) is 5.69 Å². The van der Waals surface area contributed by atoms with E-state index in [0.717, 1.165) is 10.5 Å². The van der Waals surface area contributed by atoms with Gasteiger partial charge in [-0.1, -0.05) is 30.3 Å². The summed E-state index contributed by atoms with van der Waals surface area (Å²) in [5, 5.41) is 2.82. The first kappa shape index (κ1) is 20.7. The quantitative estimate of drug-likeness (QED) is 0.600. The van der Waals surface area contributed by atoms with Gasteiger partial charge in [0.1, 0.15) is 5.76 Å². The van der Waals surface area contributed by atoms with Crippen molar-refractivity contribution in [1.82, 2.24) is 4.31 Å². The van der Waals surface area contributed by atoms with Gasteiger partial charge in [0.15, 0.2) is 0 Å². The number of thioether (sulfide) groups is 1. The van der Waals surface area contributed by atoms with Gasteiger partial charge < -0.3 is 9.73 Å². The van der Waals surface area contributed by atoms with E-state index in [2.05, 4.69) is 5.32 Å². The van der Waals surface area contributed by atoms with Gasteiger partial charge in [-0.05, 0) is 42.8 Å². The summed E-state index contributed by atoms with van der Waals surface area (Å²) in [5.41, 5.74) is 1.42. The van der Waals surface area contributed by atoms with Crippen molar-refractivity contribution in [3.63, 3.8) is 0 Å². The van der Waals surface area contributed by atoms with Gasteiger partial charge in [0.2, 0.25) is 15.9 Å². The fourth-order valence-corrected chi connectivity index (χ4v) is 5.93. The molecule has 8 heteroatoms. The molecule has 2 aromatic carbocycles. The van der Waals surface area contributed by atoms with Gasteiger partial charge in [-0.3, -0.25) is 4.79 Å². The Kier molecular flexibility index (Phi) is 5.99. The van der Waals surface area contributed by atoms with Crippen molar-refractivity contribution in [2.24, 2.45) is 0 Å². The van der Waals surface area contributed by atoms with Crippen LogP contribution < -0.4 is 5.32 Å². The van der Waals surface area contributed by atoms with Crippen molar-refractivity contribution in [3.05, 3.63) is 78.3 Å². The Bertz CT molecular complexity index is 1130. The van der Waals surface area contributed by atoms with Crippen LogP contribution in [-0.2, 0) is 21.4 Å². The summed E-state index contributed by atoms with van der Waals surface area (Å²) in [6.07, 6.45) is 1.93. The predicted molar refractivity (Wildman–Crippen MR) is 117 cm³/mol. The molecular formula is C22H22N2O4S2. The van der Waals surface area contributed by atoms with Gasteiger partial charge in [-0.25, -0.2) is 8.42 Å². The van der Waals surface area contributed by atoms with Gasteiger partial charge in [0, 0.05) is 23.1 Å². The average Bonchev–Trinajstić information content (AvgIpc) is 3.19. The highest BCUT2D eigenvalue weighted by Gasteiger charge is 2.31. The van der Waals surface area contributed by atoms with Crippen LogP contribution in [-0.4, -0.2) is 24.4 Å². The number of hydrogen-bond donors (Lipinski definition) is 1. The Balaban J connectivity index is 1.74. The molecule has 0 spiro atoms. The van der Waals surface area contributed by atoms with Crippen LogP contribution in [0, 0.1) is 0 Å². The third-order valence-corrected chi connectivity index (χ3v) is 8.01. The third kappa shape index (κ3) is 4.30. The molecule has 0 unspecified atom stereocenters. The van der Waals surface area contributed by atoms with E-state index in [1.807, 2.05) is 37.3 Å². The summed E-state index contributed by atoms with van der Waals surface area (Å²) in [4.78, 5) is 13.0. The van der Waals surface area contributed by atoms with Gasteiger partial charge >= 0.3 is 0 Å². The number of fused-ring (bicyclic) bond motifs is 1. The zero-order valence-corrected chi connectivity index (χ0v) is 18.1. The molecule has 0 aliphatic carbocycles. The zero-order chi connectivity index (χ0) is 21.1. The molecule has 1 aromatic heterocycles. The number of sulfonamides is 1. The molecule has 1 atom stereocenters. The highest BCUT2D eigenvalue weighted by atomic mass is 32.2. The molecule has 0 fully saturated rings. The zero-order valence-electron chi connectivity index (χ0n) is 16.4. The van der Waals surface area contributed by atoms with Crippen molar-refractivity contribution < 1.29 is 17.6 Å². The number of furan rings is 1. The van der Waals surface area contributed by atoms with E-state index in [9.17, 15) is 13.2 Å². The average molecular weight is 443 g/mol. The molecule has 30 heavy (non-hydrogen) atoms. The van der Waals surface area contributed by atoms with E-state index in [1.165, 1.54) is 10.6 Å². The molecular weight excluding hydrogens is 420 g/mol. The van der Waals surface area contributed by atoms with Crippen LogP contribution in [0.5, 0.6) is 0 Å². The Hall–Kier alpha value is -2.55. The fourth-order valence-electron chi connectivity index (χ4n) is 3.38. The second-order valence-electron chi connectivity index (χ2n) is 7.02. The maximum Gasteiger partial charge on any atom is 0.244 e. The Morgan fingerprint density at radius 2 is 1.93 bits per heavy atom. The molecule has 4 rings (SSSR count). The van der Waals surface area contributed by atoms with Gasteiger partial charge in [0.25, 0.3) is 0 Å². The van der Waals surface area contributed by atoms with Crippen molar-refractivity contribution in [2.75, 3.05) is 11.1 Å². The van der Waals surface area contributed by atoms with Gasteiger partial charge in [-0.2, -0.15) is 4.31 Å². The summed E-state index contributed by atoms with van der Waals surface area (Å²) in [5.74, 6) is 1.11. The van der Waals surface area contributed by atoms with Crippen molar-refractivity contribution in [1.29, 1.82) is 0 Å². The van der Waals surface area contributed by atoms with Crippen LogP contribution >= 0.6 is 11.8 Å². The summed E-state index contributed by atoms with van der Waals surface area (Å²) in [6, 6.07) is 17.5. The van der Waals surface area contributed by atoms with Crippen LogP contribution in [0.2, 0.25) is 0 Å². The van der Waals surface area contributed by atoms with Crippen molar-refractivity contribution in [2.45, 2.75) is 35.7 Å². The molecule has 3 aromatic rings. The minimum atomic E-state index is -3.87. The number of carbonyl (C=O) groups excluding carboxylic acids is 1. The minimum absolute atomic E-state index is 0.101. The SMILES string of the molecule is C[C@H](c1ccccc1)N(Cc1ccco1)S(=O)(=O)c1ccc2c(c1)NC(=O)CCS2. The smallest absolute Gasteiger partial charge is 0.244 e. The van der Waals surface area contributed by atoms with Crippen LogP contribution in [0.25, 0.3) is 0 Å². The second-order valence-corrected chi connectivity index (χ2v) is 10.0. The largest absolute Gasteiger partial charge is 0.468 e. The lowest BCUT2D eigenvalue weighted by atomic mass is 10.1. The lowest BCUT2D eigenvalue weighted by molar-refractivity contribution is -0.115. The topological polar surface area (TPSA) is 79.6 Å².